The molecule has 0 bridgehead atoms. The van der Waals surface area contributed by atoms with Crippen molar-refractivity contribution in [2.75, 3.05) is 25.1 Å². The molecule has 0 saturated carbocycles. The second kappa shape index (κ2) is 7.35. The number of rotatable bonds is 5. The molecule has 122 valence electrons. The van der Waals surface area contributed by atoms with E-state index in [0.717, 1.165) is 19.4 Å². The highest BCUT2D eigenvalue weighted by molar-refractivity contribution is 5.89. The van der Waals surface area contributed by atoms with Gasteiger partial charge in [0.2, 0.25) is 0 Å². The van der Waals surface area contributed by atoms with Crippen molar-refractivity contribution in [1.29, 1.82) is 0 Å². The molecule has 5 nitrogen and oxygen atoms in total. The molecule has 1 aliphatic heterocycles. The molecule has 0 aromatic heterocycles. The maximum absolute atomic E-state index is 12.0. The average molecular weight is 318 g/mol. The SMILES string of the molecule is O=C(NCC(F)(F)F)Nc1ccc(OC[C@@H]2CCCO2)cc1. The lowest BCUT2D eigenvalue weighted by molar-refractivity contribution is -0.122. The van der Waals surface area contributed by atoms with Crippen molar-refractivity contribution in [1.82, 2.24) is 5.32 Å². The second-order valence-electron chi connectivity index (χ2n) is 4.89. The van der Waals surface area contributed by atoms with Crippen LogP contribution in [0.5, 0.6) is 5.75 Å². The van der Waals surface area contributed by atoms with Gasteiger partial charge in [-0.1, -0.05) is 0 Å². The molecule has 1 aromatic carbocycles. The largest absolute Gasteiger partial charge is 0.491 e. The highest BCUT2D eigenvalue weighted by Crippen LogP contribution is 2.18. The highest BCUT2D eigenvalue weighted by Gasteiger charge is 2.27. The third-order valence-corrected chi connectivity index (χ3v) is 3.02. The van der Waals surface area contributed by atoms with E-state index in [4.69, 9.17) is 9.47 Å². The zero-order valence-electron chi connectivity index (χ0n) is 11.8. The van der Waals surface area contributed by atoms with Crippen LogP contribution in [0.25, 0.3) is 0 Å². The minimum absolute atomic E-state index is 0.103. The van der Waals surface area contributed by atoms with E-state index in [1.807, 2.05) is 0 Å². The van der Waals surface area contributed by atoms with Crippen LogP contribution >= 0.6 is 0 Å². The number of hydrogen-bond donors (Lipinski definition) is 2. The van der Waals surface area contributed by atoms with Crippen molar-refractivity contribution in [3.05, 3.63) is 24.3 Å². The first-order valence-electron chi connectivity index (χ1n) is 6.88. The Hall–Kier alpha value is -1.96. The van der Waals surface area contributed by atoms with Gasteiger partial charge in [-0.25, -0.2) is 4.79 Å². The topological polar surface area (TPSA) is 59.6 Å². The van der Waals surface area contributed by atoms with Crippen LogP contribution in [0, 0.1) is 0 Å². The van der Waals surface area contributed by atoms with E-state index in [2.05, 4.69) is 5.32 Å². The van der Waals surface area contributed by atoms with E-state index < -0.39 is 18.8 Å². The number of carbonyl (C=O) groups is 1. The number of amides is 2. The number of ether oxygens (including phenoxy) is 2. The normalized spacial score (nSPS) is 18.0. The van der Waals surface area contributed by atoms with Crippen LogP contribution < -0.4 is 15.4 Å². The van der Waals surface area contributed by atoms with Gasteiger partial charge < -0.3 is 20.1 Å². The van der Waals surface area contributed by atoms with E-state index >= 15 is 0 Å². The Bertz CT molecular complexity index is 485. The number of halogens is 3. The lowest BCUT2D eigenvalue weighted by Crippen LogP contribution is -2.36. The van der Waals surface area contributed by atoms with Crippen molar-refractivity contribution in [3.63, 3.8) is 0 Å². The van der Waals surface area contributed by atoms with Gasteiger partial charge in [0.15, 0.2) is 0 Å². The molecule has 1 aromatic rings. The van der Waals surface area contributed by atoms with Crippen molar-refractivity contribution in [2.45, 2.75) is 25.1 Å². The Morgan fingerprint density at radius 1 is 1.32 bits per heavy atom. The second-order valence-corrected chi connectivity index (χ2v) is 4.89. The van der Waals surface area contributed by atoms with Crippen LogP contribution in [-0.4, -0.2) is 38.1 Å². The predicted molar refractivity (Wildman–Crippen MR) is 74.0 cm³/mol. The van der Waals surface area contributed by atoms with Crippen LogP contribution in [0.2, 0.25) is 0 Å². The number of hydrogen-bond acceptors (Lipinski definition) is 3. The maximum Gasteiger partial charge on any atom is 0.405 e. The summed E-state index contributed by atoms with van der Waals surface area (Å²) in [6.45, 7) is -0.163. The van der Waals surface area contributed by atoms with Crippen molar-refractivity contribution in [3.8, 4) is 5.75 Å². The van der Waals surface area contributed by atoms with Gasteiger partial charge in [0.1, 0.15) is 18.9 Å². The van der Waals surface area contributed by atoms with E-state index in [-0.39, 0.29) is 6.10 Å². The van der Waals surface area contributed by atoms with Crippen LogP contribution in [0.4, 0.5) is 23.7 Å². The molecule has 2 rings (SSSR count). The Morgan fingerprint density at radius 2 is 2.05 bits per heavy atom. The quantitative estimate of drug-likeness (QED) is 0.877. The first kappa shape index (κ1) is 16.4. The lowest BCUT2D eigenvalue weighted by atomic mass is 10.2. The predicted octanol–water partition coefficient (Wildman–Crippen LogP) is 2.93. The van der Waals surface area contributed by atoms with Gasteiger partial charge in [-0.2, -0.15) is 13.2 Å². The number of benzene rings is 1. The zero-order chi connectivity index (χ0) is 16.0. The molecule has 1 saturated heterocycles. The standard InChI is InChI=1S/C14H17F3N2O3/c15-14(16,17)9-18-13(20)19-10-3-5-11(6-4-10)22-8-12-2-1-7-21-12/h3-6,12H,1-2,7-9H2,(H2,18,19,20)/t12-/m0/s1. The summed E-state index contributed by atoms with van der Waals surface area (Å²) in [7, 11) is 0. The average Bonchev–Trinajstić information content (AvgIpc) is 2.97. The van der Waals surface area contributed by atoms with E-state index in [0.29, 0.717) is 18.0 Å². The Kier molecular flexibility index (Phi) is 5.48. The van der Waals surface area contributed by atoms with Gasteiger partial charge in [0.05, 0.1) is 6.10 Å². The van der Waals surface area contributed by atoms with E-state index in [1.54, 1.807) is 29.6 Å². The maximum atomic E-state index is 12.0. The van der Waals surface area contributed by atoms with Gasteiger partial charge in [-0.15, -0.1) is 0 Å². The van der Waals surface area contributed by atoms with E-state index in [1.165, 1.54) is 0 Å². The molecule has 1 heterocycles. The summed E-state index contributed by atoms with van der Waals surface area (Å²) in [5, 5.41) is 4.03. The Labute approximate surface area is 125 Å². The highest BCUT2D eigenvalue weighted by atomic mass is 19.4. The molecule has 0 aliphatic carbocycles. The summed E-state index contributed by atoms with van der Waals surface area (Å²) < 4.78 is 46.8. The fraction of sp³-hybridized carbons (Fsp3) is 0.500. The minimum atomic E-state index is -4.43. The zero-order valence-corrected chi connectivity index (χ0v) is 11.8. The molecule has 8 heteroatoms. The van der Waals surface area contributed by atoms with Crippen molar-refractivity contribution < 1.29 is 27.4 Å². The van der Waals surface area contributed by atoms with Gasteiger partial charge in [0.25, 0.3) is 0 Å². The molecule has 2 amide bonds. The molecule has 1 fully saturated rings. The van der Waals surface area contributed by atoms with E-state index in [9.17, 15) is 18.0 Å². The van der Waals surface area contributed by atoms with Gasteiger partial charge in [-0.05, 0) is 37.1 Å². The summed E-state index contributed by atoms with van der Waals surface area (Å²) in [5.74, 6) is 0.608. The molecule has 0 unspecified atom stereocenters. The third-order valence-electron chi connectivity index (χ3n) is 3.02. The van der Waals surface area contributed by atoms with Crippen LogP contribution in [0.15, 0.2) is 24.3 Å². The summed E-state index contributed by atoms with van der Waals surface area (Å²) in [5.41, 5.74) is 0.379. The Balaban J connectivity index is 1.74. The Morgan fingerprint density at radius 3 is 2.64 bits per heavy atom. The number of anilines is 1. The van der Waals surface area contributed by atoms with Crippen LogP contribution in [-0.2, 0) is 4.74 Å². The molecule has 1 atom stereocenters. The first-order valence-corrected chi connectivity index (χ1v) is 6.88. The molecule has 2 N–H and O–H groups in total. The van der Waals surface area contributed by atoms with Crippen molar-refractivity contribution in [2.24, 2.45) is 0 Å². The van der Waals surface area contributed by atoms with Crippen molar-refractivity contribution >= 4 is 11.7 Å². The lowest BCUT2D eigenvalue weighted by Gasteiger charge is -2.12. The fourth-order valence-corrected chi connectivity index (χ4v) is 1.96. The number of alkyl halides is 3. The molecular formula is C14H17F3N2O3. The number of urea groups is 1. The summed E-state index contributed by atoms with van der Waals surface area (Å²) in [4.78, 5) is 11.3. The van der Waals surface area contributed by atoms with Gasteiger partial charge in [0, 0.05) is 12.3 Å². The third kappa shape index (κ3) is 5.80. The molecular weight excluding hydrogens is 301 g/mol. The summed E-state index contributed by atoms with van der Waals surface area (Å²) in [6, 6.07) is 5.46. The molecule has 22 heavy (non-hydrogen) atoms. The number of nitrogens with one attached hydrogen (secondary N) is 2. The minimum Gasteiger partial charge on any atom is -0.491 e. The van der Waals surface area contributed by atoms with Gasteiger partial charge >= 0.3 is 12.2 Å². The molecule has 0 spiro atoms. The van der Waals surface area contributed by atoms with Crippen LogP contribution in [0.3, 0.4) is 0 Å². The van der Waals surface area contributed by atoms with Gasteiger partial charge in [-0.3, -0.25) is 0 Å². The van der Waals surface area contributed by atoms with Crippen LogP contribution in [0.1, 0.15) is 12.8 Å². The first-order chi connectivity index (χ1) is 10.4. The molecule has 0 radical (unpaired) electrons. The fourth-order valence-electron chi connectivity index (χ4n) is 1.96. The smallest absolute Gasteiger partial charge is 0.405 e. The molecule has 1 aliphatic rings. The number of carbonyl (C=O) groups excluding carboxylic acids is 1. The summed E-state index contributed by atoms with van der Waals surface area (Å²) >= 11 is 0. The monoisotopic (exact) mass is 318 g/mol. The summed E-state index contributed by atoms with van der Waals surface area (Å²) in [6.07, 6.45) is -2.33.